The molecule has 0 atom stereocenters. The smallest absolute Gasteiger partial charge is 0.287 e. The van der Waals surface area contributed by atoms with Gasteiger partial charge in [0.15, 0.2) is 12.5 Å². The second kappa shape index (κ2) is 9.06. The molecule has 0 aromatic rings. The summed E-state index contributed by atoms with van der Waals surface area (Å²) in [5, 5.41) is 0. The Morgan fingerprint density at radius 3 is 1.86 bits per heavy atom. The molecule has 0 amide bonds. The molecule has 0 saturated heterocycles. The van der Waals surface area contributed by atoms with Crippen LogP contribution in [0.25, 0.3) is 0 Å². The fourth-order valence-corrected chi connectivity index (χ4v) is 3.29. The van der Waals surface area contributed by atoms with Crippen LogP contribution >= 0.6 is 7.82 Å². The van der Waals surface area contributed by atoms with E-state index in [0.717, 1.165) is 0 Å². The number of phosphoric ester groups is 1. The molecule has 12 heteroatoms. The molecule has 0 unspecified atom stereocenters. The Hall–Kier alpha value is -0.190. The van der Waals surface area contributed by atoms with Crippen LogP contribution in [0, 0.1) is 0 Å². The highest BCUT2D eigenvalue weighted by Crippen LogP contribution is 2.49. The summed E-state index contributed by atoms with van der Waals surface area (Å²) in [4.78, 5) is 0. The van der Waals surface area contributed by atoms with E-state index in [1.165, 1.54) is 0 Å². The maximum atomic E-state index is 12.0. The van der Waals surface area contributed by atoms with Crippen LogP contribution in [0.2, 0.25) is 0 Å². The lowest BCUT2D eigenvalue weighted by atomic mass is 10.5. The van der Waals surface area contributed by atoms with Crippen molar-refractivity contribution in [3.63, 3.8) is 0 Å². The third-order valence-corrected chi connectivity index (χ3v) is 4.17. The first-order valence-electron chi connectivity index (χ1n) is 6.01. The molecule has 0 heterocycles. The fraction of sp³-hybridized carbons (Fsp3) is 1.00. The highest BCUT2D eigenvalue weighted by molar-refractivity contribution is 7.86. The van der Waals surface area contributed by atoms with Crippen LogP contribution in [-0.4, -0.2) is 40.4 Å². The van der Waals surface area contributed by atoms with E-state index in [2.05, 4.69) is 8.71 Å². The standard InChI is InChI=1S/C9H18F3O7PS/c1-3-5-16-20(13,17-6-4-2)18-8-21(14,15)19-7-9(10,11)12/h3-8H2,1-2H3. The third kappa shape index (κ3) is 11.1. The minimum absolute atomic E-state index is 0.0234. The maximum Gasteiger partial charge on any atom is 0.475 e. The van der Waals surface area contributed by atoms with E-state index in [-0.39, 0.29) is 13.2 Å². The molecule has 0 aliphatic rings. The topological polar surface area (TPSA) is 88.1 Å². The molecular formula is C9H18F3O7PS. The molecule has 0 aliphatic carbocycles. The molecule has 128 valence electrons. The molecule has 0 radical (unpaired) electrons. The second-order valence-electron chi connectivity index (χ2n) is 3.80. The normalized spacial score (nSPS) is 13.6. The lowest BCUT2D eigenvalue weighted by Gasteiger charge is -2.17. The van der Waals surface area contributed by atoms with Gasteiger partial charge in [-0.15, -0.1) is 0 Å². The first-order valence-corrected chi connectivity index (χ1v) is 9.05. The van der Waals surface area contributed by atoms with Gasteiger partial charge in [0.1, 0.15) is 0 Å². The van der Waals surface area contributed by atoms with Crippen LogP contribution in [0.1, 0.15) is 26.7 Å². The Labute approximate surface area is 121 Å². The zero-order chi connectivity index (χ0) is 16.6. The van der Waals surface area contributed by atoms with Gasteiger partial charge in [-0.05, 0) is 12.8 Å². The summed E-state index contributed by atoms with van der Waals surface area (Å²) in [6, 6.07) is 0. The summed E-state index contributed by atoms with van der Waals surface area (Å²) < 4.78 is 87.7. The molecule has 21 heavy (non-hydrogen) atoms. The van der Waals surface area contributed by atoms with Gasteiger partial charge in [-0.2, -0.15) is 21.6 Å². The molecule has 0 fully saturated rings. The Bertz CT molecular complexity index is 425. The van der Waals surface area contributed by atoms with Crippen LogP contribution in [0.4, 0.5) is 13.2 Å². The second-order valence-corrected chi connectivity index (χ2v) is 7.05. The van der Waals surface area contributed by atoms with Crippen molar-refractivity contribution in [2.75, 3.05) is 25.8 Å². The van der Waals surface area contributed by atoms with Crippen molar-refractivity contribution in [1.29, 1.82) is 0 Å². The van der Waals surface area contributed by atoms with E-state index in [4.69, 9.17) is 9.05 Å². The highest BCUT2D eigenvalue weighted by Gasteiger charge is 2.33. The third-order valence-electron chi connectivity index (χ3n) is 1.66. The summed E-state index contributed by atoms with van der Waals surface area (Å²) in [5.74, 6) is -1.37. The first kappa shape index (κ1) is 20.8. The quantitative estimate of drug-likeness (QED) is 0.414. The molecule has 0 aliphatic heterocycles. The average Bonchev–Trinajstić information content (AvgIpc) is 2.38. The van der Waals surface area contributed by atoms with Gasteiger partial charge in [0.05, 0.1) is 13.2 Å². The van der Waals surface area contributed by atoms with E-state index in [1.807, 2.05) is 0 Å². The zero-order valence-corrected chi connectivity index (χ0v) is 13.3. The van der Waals surface area contributed by atoms with Gasteiger partial charge < -0.3 is 0 Å². The molecule has 0 aromatic heterocycles. The van der Waals surface area contributed by atoms with Gasteiger partial charge in [0.25, 0.3) is 10.1 Å². The van der Waals surface area contributed by atoms with Crippen molar-refractivity contribution in [3.05, 3.63) is 0 Å². The van der Waals surface area contributed by atoms with Crippen molar-refractivity contribution in [3.8, 4) is 0 Å². The van der Waals surface area contributed by atoms with Gasteiger partial charge in [-0.3, -0.25) is 17.8 Å². The Morgan fingerprint density at radius 2 is 1.48 bits per heavy atom. The Kier molecular flexibility index (Phi) is 8.98. The summed E-state index contributed by atoms with van der Waals surface area (Å²) in [7, 11) is -8.83. The number of alkyl halides is 3. The van der Waals surface area contributed by atoms with E-state index in [1.54, 1.807) is 13.8 Å². The Balaban J connectivity index is 4.54. The lowest BCUT2D eigenvalue weighted by Crippen LogP contribution is -2.23. The summed E-state index contributed by atoms with van der Waals surface area (Å²) >= 11 is 0. The van der Waals surface area contributed by atoms with Crippen molar-refractivity contribution in [1.82, 2.24) is 0 Å². The first-order chi connectivity index (χ1) is 9.54. The molecular weight excluding hydrogens is 340 g/mol. The van der Waals surface area contributed by atoms with E-state index < -0.39 is 36.7 Å². The predicted molar refractivity (Wildman–Crippen MR) is 67.0 cm³/mol. The maximum absolute atomic E-state index is 12.0. The van der Waals surface area contributed by atoms with Crippen LogP contribution in [0.15, 0.2) is 0 Å². The minimum Gasteiger partial charge on any atom is -0.287 e. The predicted octanol–water partition coefficient (Wildman–Crippen LogP) is 2.83. The van der Waals surface area contributed by atoms with Gasteiger partial charge in [0, 0.05) is 0 Å². The van der Waals surface area contributed by atoms with Gasteiger partial charge in [-0.25, -0.2) is 4.57 Å². The molecule has 0 rings (SSSR count). The summed E-state index contributed by atoms with van der Waals surface area (Å²) in [6.45, 7) is 1.37. The molecule has 0 saturated carbocycles. The molecule has 0 bridgehead atoms. The molecule has 0 aromatic carbocycles. The summed E-state index contributed by atoms with van der Waals surface area (Å²) in [5.41, 5.74) is 0. The molecule has 0 spiro atoms. The summed E-state index contributed by atoms with van der Waals surface area (Å²) in [6.07, 6.45) is -3.89. The fourth-order valence-electron chi connectivity index (χ4n) is 0.838. The largest absolute Gasteiger partial charge is 0.475 e. The number of rotatable bonds is 11. The SMILES string of the molecule is CCCOP(=O)(OCCC)OCS(=O)(=O)OCC(F)(F)F. The average molecular weight is 358 g/mol. The van der Waals surface area contributed by atoms with Crippen molar-refractivity contribution in [2.45, 2.75) is 32.9 Å². The van der Waals surface area contributed by atoms with Crippen molar-refractivity contribution < 1.29 is 43.9 Å². The van der Waals surface area contributed by atoms with Crippen LogP contribution in [0.3, 0.4) is 0 Å². The highest BCUT2D eigenvalue weighted by atomic mass is 32.2. The zero-order valence-electron chi connectivity index (χ0n) is 11.6. The van der Waals surface area contributed by atoms with Crippen LogP contribution < -0.4 is 0 Å². The van der Waals surface area contributed by atoms with Crippen LogP contribution in [-0.2, 0) is 32.4 Å². The molecule has 0 N–H and O–H groups in total. The van der Waals surface area contributed by atoms with Crippen LogP contribution in [0.5, 0.6) is 0 Å². The van der Waals surface area contributed by atoms with Crippen molar-refractivity contribution >= 4 is 17.9 Å². The number of hydrogen-bond donors (Lipinski definition) is 0. The van der Waals surface area contributed by atoms with E-state index >= 15 is 0 Å². The van der Waals surface area contributed by atoms with Gasteiger partial charge in [-0.1, -0.05) is 13.8 Å². The number of halogens is 3. The van der Waals surface area contributed by atoms with Crippen molar-refractivity contribution in [2.24, 2.45) is 0 Å². The van der Waals surface area contributed by atoms with E-state index in [9.17, 15) is 26.2 Å². The lowest BCUT2D eigenvalue weighted by molar-refractivity contribution is -0.152. The monoisotopic (exact) mass is 358 g/mol. The Morgan fingerprint density at radius 1 is 1.00 bits per heavy atom. The van der Waals surface area contributed by atoms with Gasteiger partial charge >= 0.3 is 14.0 Å². The van der Waals surface area contributed by atoms with E-state index in [0.29, 0.717) is 12.8 Å². The van der Waals surface area contributed by atoms with Gasteiger partial charge in [0.2, 0.25) is 0 Å². The number of hydrogen-bond acceptors (Lipinski definition) is 7. The minimum atomic E-state index is -4.81. The number of phosphoric acid groups is 1. The molecule has 7 nitrogen and oxygen atoms in total.